The largest absolute Gasteiger partial charge is 0.497 e. The van der Waals surface area contributed by atoms with E-state index in [2.05, 4.69) is 5.10 Å². The van der Waals surface area contributed by atoms with Gasteiger partial charge in [0.1, 0.15) is 16.3 Å². The fraction of sp³-hybridized carbons (Fsp3) is 0.136. The molecular weight excluding hydrogens is 419 g/mol. The van der Waals surface area contributed by atoms with Crippen LogP contribution in [0.25, 0.3) is 16.0 Å². The van der Waals surface area contributed by atoms with Crippen LogP contribution in [0.4, 0.5) is 4.39 Å². The van der Waals surface area contributed by atoms with Gasteiger partial charge in [-0.1, -0.05) is 24.3 Å². The molecule has 5 aromatic rings. The maximum atomic E-state index is 13.6. The summed E-state index contributed by atoms with van der Waals surface area (Å²) < 4.78 is 23.4. The Hall–Kier alpha value is -3.72. The first kappa shape index (κ1) is 19.3. The van der Waals surface area contributed by atoms with Crippen LogP contribution < -0.4 is 16.0 Å². The van der Waals surface area contributed by atoms with Crippen molar-refractivity contribution >= 4 is 27.3 Å². The molecule has 156 valence electrons. The van der Waals surface area contributed by atoms with Gasteiger partial charge < -0.3 is 4.74 Å². The van der Waals surface area contributed by atoms with Crippen molar-refractivity contribution < 1.29 is 9.13 Å². The van der Waals surface area contributed by atoms with E-state index in [1.54, 1.807) is 30.7 Å². The highest BCUT2D eigenvalue weighted by atomic mass is 32.1. The van der Waals surface area contributed by atoms with Gasteiger partial charge in [0.15, 0.2) is 0 Å². The molecule has 5 rings (SSSR count). The summed E-state index contributed by atoms with van der Waals surface area (Å²) >= 11 is 1.28. The maximum Gasteiger partial charge on any atom is 0.352 e. The Labute approximate surface area is 179 Å². The number of aromatic nitrogens is 4. The monoisotopic (exact) mass is 436 g/mol. The van der Waals surface area contributed by atoms with Gasteiger partial charge in [0.05, 0.1) is 25.7 Å². The van der Waals surface area contributed by atoms with Crippen molar-refractivity contribution in [1.29, 1.82) is 0 Å². The Balaban J connectivity index is 1.69. The maximum absolute atomic E-state index is 13.6. The Morgan fingerprint density at radius 3 is 2.58 bits per heavy atom. The van der Waals surface area contributed by atoms with E-state index in [1.165, 1.54) is 37.1 Å². The van der Waals surface area contributed by atoms with Crippen LogP contribution in [-0.4, -0.2) is 25.9 Å². The second kappa shape index (κ2) is 7.51. The molecule has 9 heteroatoms. The predicted molar refractivity (Wildman–Crippen MR) is 117 cm³/mol. The van der Waals surface area contributed by atoms with E-state index in [9.17, 15) is 14.0 Å². The van der Waals surface area contributed by atoms with Crippen LogP contribution in [0.2, 0.25) is 0 Å². The minimum Gasteiger partial charge on any atom is -0.497 e. The minimum atomic E-state index is -0.383. The number of hydrogen-bond donors (Lipinski definition) is 0. The normalized spacial score (nSPS) is 11.4. The Morgan fingerprint density at radius 1 is 1.03 bits per heavy atom. The quantitative estimate of drug-likeness (QED) is 0.425. The molecule has 0 spiro atoms. The van der Waals surface area contributed by atoms with Gasteiger partial charge in [0.25, 0.3) is 5.56 Å². The molecule has 0 saturated carbocycles. The van der Waals surface area contributed by atoms with Gasteiger partial charge in [0, 0.05) is 0 Å². The van der Waals surface area contributed by atoms with Crippen LogP contribution in [0, 0.1) is 5.82 Å². The summed E-state index contributed by atoms with van der Waals surface area (Å²) in [5.74, 6) is 0.574. The van der Waals surface area contributed by atoms with Crippen molar-refractivity contribution in [1.82, 2.24) is 18.7 Å². The van der Waals surface area contributed by atoms with Crippen molar-refractivity contribution in [3.8, 4) is 5.75 Å². The molecule has 0 aliphatic rings. The van der Waals surface area contributed by atoms with Crippen LogP contribution in [0.3, 0.4) is 0 Å². The molecule has 0 N–H and O–H groups in total. The molecule has 0 radical (unpaired) electrons. The first-order chi connectivity index (χ1) is 15.0. The van der Waals surface area contributed by atoms with E-state index in [1.807, 2.05) is 24.3 Å². The average molecular weight is 436 g/mol. The number of halogens is 1. The third kappa shape index (κ3) is 3.32. The smallest absolute Gasteiger partial charge is 0.352 e. The van der Waals surface area contributed by atoms with Gasteiger partial charge in [-0.05, 0) is 46.8 Å². The molecule has 0 bridgehead atoms. The Kier molecular flexibility index (Phi) is 4.67. The minimum absolute atomic E-state index is 0.0978. The van der Waals surface area contributed by atoms with E-state index in [4.69, 9.17) is 4.74 Å². The van der Waals surface area contributed by atoms with Crippen LogP contribution in [0.15, 0.2) is 69.6 Å². The molecular formula is C22H17FN4O3S. The standard InChI is InChI=1S/C22H17FN4O3S/c1-30-17-7-5-14(6-8-17)12-25-20(28)19-18(9-10-31-19)27-21(25)24-26(22(27)29)13-15-3-2-4-16(23)11-15/h2-11H,12-13H2,1H3. The molecule has 0 saturated heterocycles. The fourth-order valence-corrected chi connectivity index (χ4v) is 4.43. The molecule has 0 atom stereocenters. The molecule has 0 aliphatic carbocycles. The average Bonchev–Trinajstić information content (AvgIpc) is 3.37. The first-order valence-corrected chi connectivity index (χ1v) is 10.4. The van der Waals surface area contributed by atoms with Crippen LogP contribution in [0.5, 0.6) is 5.75 Å². The van der Waals surface area contributed by atoms with E-state index in [0.29, 0.717) is 21.5 Å². The zero-order chi connectivity index (χ0) is 21.5. The lowest BCUT2D eigenvalue weighted by Gasteiger charge is -2.08. The van der Waals surface area contributed by atoms with Gasteiger partial charge in [0.2, 0.25) is 5.78 Å². The summed E-state index contributed by atoms with van der Waals surface area (Å²) in [5.41, 5.74) is 1.40. The summed E-state index contributed by atoms with van der Waals surface area (Å²) in [5, 5.41) is 6.22. The topological polar surface area (TPSA) is 70.5 Å². The zero-order valence-electron chi connectivity index (χ0n) is 16.5. The van der Waals surface area contributed by atoms with Gasteiger partial charge in [-0.2, -0.15) is 0 Å². The lowest BCUT2D eigenvalue weighted by molar-refractivity contribution is 0.414. The number of hydrogen-bond acceptors (Lipinski definition) is 5. The number of rotatable bonds is 5. The van der Waals surface area contributed by atoms with Crippen molar-refractivity contribution in [2.24, 2.45) is 0 Å². The summed E-state index contributed by atoms with van der Waals surface area (Å²) in [7, 11) is 1.59. The highest BCUT2D eigenvalue weighted by Gasteiger charge is 2.18. The van der Waals surface area contributed by atoms with Crippen molar-refractivity contribution in [3.05, 3.63) is 97.8 Å². The molecule has 31 heavy (non-hydrogen) atoms. The van der Waals surface area contributed by atoms with E-state index >= 15 is 0 Å². The molecule has 0 fully saturated rings. The number of fused-ring (bicyclic) bond motifs is 3. The van der Waals surface area contributed by atoms with Gasteiger partial charge in [-0.3, -0.25) is 9.36 Å². The highest BCUT2D eigenvalue weighted by Crippen LogP contribution is 2.19. The van der Waals surface area contributed by atoms with E-state index < -0.39 is 0 Å². The first-order valence-electron chi connectivity index (χ1n) is 9.52. The van der Waals surface area contributed by atoms with Crippen LogP contribution in [-0.2, 0) is 13.1 Å². The number of thiophene rings is 1. The Bertz CT molecular complexity index is 1530. The van der Waals surface area contributed by atoms with Crippen LogP contribution >= 0.6 is 11.3 Å². The molecule has 7 nitrogen and oxygen atoms in total. The van der Waals surface area contributed by atoms with E-state index in [-0.39, 0.29) is 35.9 Å². The second-order valence-electron chi connectivity index (χ2n) is 7.08. The van der Waals surface area contributed by atoms with Crippen molar-refractivity contribution in [3.63, 3.8) is 0 Å². The van der Waals surface area contributed by atoms with Crippen LogP contribution in [0.1, 0.15) is 11.1 Å². The lowest BCUT2D eigenvalue weighted by atomic mass is 10.2. The number of methoxy groups -OCH3 is 1. The lowest BCUT2D eigenvalue weighted by Crippen LogP contribution is -2.26. The molecule has 3 aromatic heterocycles. The number of benzene rings is 2. The third-order valence-electron chi connectivity index (χ3n) is 5.11. The van der Waals surface area contributed by atoms with Gasteiger partial charge >= 0.3 is 5.69 Å². The summed E-state index contributed by atoms with van der Waals surface area (Å²) in [6.45, 7) is 0.344. The third-order valence-corrected chi connectivity index (χ3v) is 6.00. The molecule has 3 heterocycles. The summed E-state index contributed by atoms with van der Waals surface area (Å²) in [6.07, 6.45) is 0. The predicted octanol–water partition coefficient (Wildman–Crippen LogP) is 3.12. The summed E-state index contributed by atoms with van der Waals surface area (Å²) in [6, 6.07) is 15.1. The van der Waals surface area contributed by atoms with E-state index in [0.717, 1.165) is 5.56 Å². The second-order valence-corrected chi connectivity index (χ2v) is 8.00. The van der Waals surface area contributed by atoms with Gasteiger partial charge in [-0.15, -0.1) is 16.4 Å². The number of nitrogens with zero attached hydrogens (tertiary/aromatic N) is 4. The highest BCUT2D eigenvalue weighted by molar-refractivity contribution is 7.17. The molecule has 2 aromatic carbocycles. The Morgan fingerprint density at radius 2 is 1.84 bits per heavy atom. The SMILES string of the molecule is COc1ccc(Cn2c(=O)c3sccc3n3c(=O)n(Cc4cccc(F)c4)nc23)cc1. The molecule has 0 amide bonds. The summed E-state index contributed by atoms with van der Waals surface area (Å²) in [4.78, 5) is 26.4. The molecule has 0 aliphatic heterocycles. The number of ether oxygens (including phenoxy) is 1. The van der Waals surface area contributed by atoms with Crippen molar-refractivity contribution in [2.45, 2.75) is 13.1 Å². The van der Waals surface area contributed by atoms with Gasteiger partial charge in [-0.25, -0.2) is 18.3 Å². The fourth-order valence-electron chi connectivity index (χ4n) is 3.60. The zero-order valence-corrected chi connectivity index (χ0v) is 17.3. The van der Waals surface area contributed by atoms with Crippen molar-refractivity contribution in [2.75, 3.05) is 7.11 Å². The molecule has 0 unspecified atom stereocenters.